The van der Waals surface area contributed by atoms with Crippen LogP contribution >= 0.6 is 15.9 Å². The minimum Gasteiger partial charge on any atom is -0.398 e. The van der Waals surface area contributed by atoms with Crippen LogP contribution < -0.4 is 16.8 Å². The van der Waals surface area contributed by atoms with Crippen molar-refractivity contribution in [3.63, 3.8) is 0 Å². The van der Waals surface area contributed by atoms with Gasteiger partial charge in [0.1, 0.15) is 0 Å². The van der Waals surface area contributed by atoms with Crippen LogP contribution in [0.2, 0.25) is 0 Å². The highest BCUT2D eigenvalue weighted by Gasteiger charge is 2.06. The van der Waals surface area contributed by atoms with Crippen LogP contribution in [0.25, 0.3) is 0 Å². The Morgan fingerprint density at radius 3 is 2.61 bits per heavy atom. The number of benzene rings is 1. The molecular formula is C12H16BrN3O2. The molecule has 0 radical (unpaired) electrons. The van der Waals surface area contributed by atoms with E-state index in [2.05, 4.69) is 21.2 Å². The predicted molar refractivity (Wildman–Crippen MR) is 73.9 cm³/mol. The van der Waals surface area contributed by atoms with Crippen LogP contribution in [0.3, 0.4) is 0 Å². The maximum atomic E-state index is 11.7. The van der Waals surface area contributed by atoms with Crippen molar-refractivity contribution in [3.8, 4) is 0 Å². The number of carbonyl (C=O) groups is 2. The molecule has 0 unspecified atom stereocenters. The molecule has 1 rings (SSSR count). The molecule has 5 nitrogen and oxygen atoms in total. The van der Waals surface area contributed by atoms with Gasteiger partial charge in [0.05, 0.1) is 0 Å². The molecular weight excluding hydrogens is 298 g/mol. The van der Waals surface area contributed by atoms with Crippen LogP contribution in [0.15, 0.2) is 22.7 Å². The van der Waals surface area contributed by atoms with E-state index in [-0.39, 0.29) is 11.8 Å². The van der Waals surface area contributed by atoms with Crippen LogP contribution in [0.1, 0.15) is 29.6 Å². The molecule has 0 fully saturated rings. The van der Waals surface area contributed by atoms with E-state index in [9.17, 15) is 9.59 Å². The summed E-state index contributed by atoms with van der Waals surface area (Å²) < 4.78 is 0.698. The number of nitrogens with one attached hydrogen (secondary N) is 1. The number of rotatable bonds is 6. The highest BCUT2D eigenvalue weighted by Crippen LogP contribution is 2.20. The fourth-order valence-corrected chi connectivity index (χ4v) is 1.78. The maximum absolute atomic E-state index is 11.7. The third kappa shape index (κ3) is 4.75. The summed E-state index contributed by atoms with van der Waals surface area (Å²) in [5.41, 5.74) is 11.8. The van der Waals surface area contributed by atoms with E-state index in [1.165, 1.54) is 0 Å². The van der Waals surface area contributed by atoms with Crippen molar-refractivity contribution in [3.05, 3.63) is 28.2 Å². The molecule has 5 N–H and O–H groups in total. The quantitative estimate of drug-likeness (QED) is 0.547. The molecule has 0 aliphatic carbocycles. The Balaban J connectivity index is 2.36. The first-order valence-corrected chi connectivity index (χ1v) is 6.41. The minimum absolute atomic E-state index is 0.158. The highest BCUT2D eigenvalue weighted by molar-refractivity contribution is 9.10. The van der Waals surface area contributed by atoms with Gasteiger partial charge in [-0.1, -0.05) is 0 Å². The van der Waals surface area contributed by atoms with Gasteiger partial charge in [-0.15, -0.1) is 0 Å². The number of hydrogen-bond acceptors (Lipinski definition) is 3. The Morgan fingerprint density at radius 1 is 1.28 bits per heavy atom. The Morgan fingerprint density at radius 2 is 2.00 bits per heavy atom. The van der Waals surface area contributed by atoms with Gasteiger partial charge in [0.15, 0.2) is 0 Å². The zero-order chi connectivity index (χ0) is 13.5. The molecule has 0 aliphatic rings. The largest absolute Gasteiger partial charge is 0.398 e. The fraction of sp³-hybridized carbons (Fsp3) is 0.333. The summed E-state index contributed by atoms with van der Waals surface area (Å²) in [6.45, 7) is 0.522. The molecule has 0 bridgehead atoms. The van der Waals surface area contributed by atoms with E-state index in [4.69, 9.17) is 11.5 Å². The SMILES string of the molecule is NC(=O)CCCCNC(=O)c1ccc(N)c(Br)c1. The number of hydrogen-bond donors (Lipinski definition) is 3. The lowest BCUT2D eigenvalue weighted by Gasteiger charge is -2.06. The number of primary amides is 1. The van der Waals surface area contributed by atoms with Gasteiger partial charge in [0.2, 0.25) is 5.91 Å². The van der Waals surface area contributed by atoms with Gasteiger partial charge in [-0.3, -0.25) is 9.59 Å². The zero-order valence-electron chi connectivity index (χ0n) is 9.91. The van der Waals surface area contributed by atoms with Crippen LogP contribution in [0.5, 0.6) is 0 Å². The van der Waals surface area contributed by atoms with Crippen LogP contribution in [0.4, 0.5) is 5.69 Å². The Bertz CT molecular complexity index is 449. The normalized spacial score (nSPS) is 10.1. The van der Waals surface area contributed by atoms with Crippen molar-refractivity contribution >= 4 is 33.4 Å². The highest BCUT2D eigenvalue weighted by atomic mass is 79.9. The number of unbranched alkanes of at least 4 members (excludes halogenated alkanes) is 1. The van der Waals surface area contributed by atoms with E-state index in [0.29, 0.717) is 35.1 Å². The predicted octanol–water partition coefficient (Wildman–Crippen LogP) is 1.42. The third-order valence-corrected chi connectivity index (χ3v) is 3.08. The fourth-order valence-electron chi connectivity index (χ4n) is 1.40. The molecule has 1 aromatic rings. The van der Waals surface area contributed by atoms with E-state index < -0.39 is 0 Å². The second kappa shape index (κ2) is 7.00. The molecule has 6 heteroatoms. The molecule has 0 spiro atoms. The Kier molecular flexibility index (Phi) is 5.64. The van der Waals surface area contributed by atoms with Crippen LogP contribution in [0, 0.1) is 0 Å². The van der Waals surface area contributed by atoms with Crippen LogP contribution in [-0.4, -0.2) is 18.4 Å². The number of nitrogen functional groups attached to an aromatic ring is 1. The Hall–Kier alpha value is -1.56. The van der Waals surface area contributed by atoms with Gasteiger partial charge in [-0.2, -0.15) is 0 Å². The topological polar surface area (TPSA) is 98.2 Å². The lowest BCUT2D eigenvalue weighted by molar-refractivity contribution is -0.118. The summed E-state index contributed by atoms with van der Waals surface area (Å²) in [7, 11) is 0. The van der Waals surface area contributed by atoms with Crippen molar-refractivity contribution in [2.75, 3.05) is 12.3 Å². The average molecular weight is 314 g/mol. The van der Waals surface area contributed by atoms with Gasteiger partial charge >= 0.3 is 0 Å². The lowest BCUT2D eigenvalue weighted by Crippen LogP contribution is -2.24. The summed E-state index contributed by atoms with van der Waals surface area (Å²) in [6, 6.07) is 5.01. The van der Waals surface area contributed by atoms with E-state index >= 15 is 0 Å². The smallest absolute Gasteiger partial charge is 0.251 e. The monoisotopic (exact) mass is 313 g/mol. The summed E-state index contributed by atoms with van der Waals surface area (Å²) in [5, 5.41) is 2.77. The minimum atomic E-state index is -0.316. The molecule has 0 aliphatic heterocycles. The number of anilines is 1. The second-order valence-corrected chi connectivity index (χ2v) is 4.77. The molecule has 18 heavy (non-hydrogen) atoms. The molecule has 0 heterocycles. The molecule has 0 saturated heterocycles. The molecule has 98 valence electrons. The third-order valence-electron chi connectivity index (χ3n) is 2.40. The Labute approximate surface area is 114 Å². The van der Waals surface area contributed by atoms with Gasteiger partial charge < -0.3 is 16.8 Å². The summed E-state index contributed by atoms with van der Waals surface area (Å²) in [6.07, 6.45) is 1.76. The first kappa shape index (κ1) is 14.5. The van der Waals surface area contributed by atoms with Crippen molar-refractivity contribution in [2.45, 2.75) is 19.3 Å². The maximum Gasteiger partial charge on any atom is 0.251 e. The van der Waals surface area contributed by atoms with Crippen molar-refractivity contribution in [1.29, 1.82) is 0 Å². The standard InChI is InChI=1S/C12H16BrN3O2/c13-9-7-8(4-5-10(9)14)12(18)16-6-2-1-3-11(15)17/h4-5,7H,1-3,6,14H2,(H2,15,17)(H,16,18). The molecule has 2 amide bonds. The first-order chi connectivity index (χ1) is 8.50. The van der Waals surface area contributed by atoms with Crippen LogP contribution in [-0.2, 0) is 4.79 Å². The van der Waals surface area contributed by atoms with Gasteiger partial charge in [-0.25, -0.2) is 0 Å². The molecule has 0 saturated carbocycles. The summed E-state index contributed by atoms with van der Waals surface area (Å²) >= 11 is 3.27. The molecule has 0 aromatic heterocycles. The summed E-state index contributed by atoms with van der Waals surface area (Å²) in [5.74, 6) is -0.474. The van der Waals surface area contributed by atoms with E-state index in [0.717, 1.165) is 6.42 Å². The van der Waals surface area contributed by atoms with Crippen molar-refractivity contribution < 1.29 is 9.59 Å². The first-order valence-electron chi connectivity index (χ1n) is 5.62. The zero-order valence-corrected chi connectivity index (χ0v) is 11.5. The number of halogens is 1. The summed E-state index contributed by atoms with van der Waals surface area (Å²) in [4.78, 5) is 22.2. The van der Waals surface area contributed by atoms with Gasteiger partial charge in [-0.05, 0) is 47.0 Å². The average Bonchev–Trinajstić information content (AvgIpc) is 2.31. The number of nitrogens with two attached hydrogens (primary N) is 2. The van der Waals surface area contributed by atoms with E-state index in [1.54, 1.807) is 18.2 Å². The number of carbonyl (C=O) groups excluding carboxylic acids is 2. The number of amides is 2. The van der Waals surface area contributed by atoms with Crippen molar-refractivity contribution in [1.82, 2.24) is 5.32 Å². The van der Waals surface area contributed by atoms with Gasteiger partial charge in [0.25, 0.3) is 5.91 Å². The van der Waals surface area contributed by atoms with E-state index in [1.807, 2.05) is 0 Å². The lowest BCUT2D eigenvalue weighted by atomic mass is 10.2. The molecule has 0 atom stereocenters. The molecule has 1 aromatic carbocycles. The van der Waals surface area contributed by atoms with Gasteiger partial charge in [0, 0.05) is 28.7 Å². The van der Waals surface area contributed by atoms with Crippen molar-refractivity contribution in [2.24, 2.45) is 5.73 Å². The second-order valence-electron chi connectivity index (χ2n) is 3.92.